The molecule has 1 rings (SSSR count). The second-order valence-electron chi connectivity index (χ2n) is 0.924. The molecule has 0 amide bonds. The van der Waals surface area contributed by atoms with Gasteiger partial charge in [0, 0.05) is 103 Å². The third-order valence-electron chi connectivity index (χ3n) is 0.439. The van der Waals surface area contributed by atoms with Crippen LogP contribution in [0, 0.1) is 11.5 Å². The average Bonchev–Trinajstić information content (AvgIpc) is 1.88. The minimum Gasteiger partial charge on any atom is -0.319 e. The molecule has 0 saturated carbocycles. The molecule has 1 aromatic heterocycles. The van der Waals surface area contributed by atoms with Crippen LogP contribution in [0.2, 0.25) is 0 Å². The first-order valence-electron chi connectivity index (χ1n) is 1.76. The summed E-state index contributed by atoms with van der Waals surface area (Å²) in [5.41, 5.74) is 0. The van der Waals surface area contributed by atoms with Gasteiger partial charge in [0.15, 0.2) is 0 Å². The second kappa shape index (κ2) is 8.85. The van der Waals surface area contributed by atoms with Crippen molar-refractivity contribution < 1.29 is 8.37 Å². The van der Waals surface area contributed by atoms with Crippen LogP contribution in [-0.4, -0.2) is 107 Å². The van der Waals surface area contributed by atoms with E-state index >= 15 is 0 Å². The molecule has 1 heterocycles. The van der Waals surface area contributed by atoms with Gasteiger partial charge in [0.05, 0.1) is 10.5 Å². The number of hydrogen-bond acceptors (Lipinski definition) is 6. The first-order chi connectivity index (χ1) is 4.33. The van der Waals surface area contributed by atoms with Crippen LogP contribution in [0.1, 0.15) is 0 Å². The molecule has 2 radical (unpaired) electrons. The topological polar surface area (TPSA) is 72.1 Å². The van der Waals surface area contributed by atoms with Crippen LogP contribution < -0.4 is 5.82 Å². The first-order valence-corrected chi connectivity index (χ1v) is 3.79. The van der Waals surface area contributed by atoms with Crippen LogP contribution in [0.15, 0.2) is 13.2 Å². The summed E-state index contributed by atoms with van der Waals surface area (Å²) in [4.78, 5) is 10.2. The summed E-state index contributed by atoms with van der Waals surface area (Å²) >= 11 is 0. The molecule has 9 heteroatoms. The average molecular weight is 242 g/mol. The van der Waals surface area contributed by atoms with Gasteiger partial charge in [-0.1, -0.05) is 0 Å². The SMILES string of the molecule is N#Cn1oc(=O)oss1.[K].[K]. The van der Waals surface area contributed by atoms with E-state index in [4.69, 9.17) is 5.26 Å². The fourth-order valence-electron chi connectivity index (χ4n) is 0.206. The van der Waals surface area contributed by atoms with Crippen molar-refractivity contribution in [2.24, 2.45) is 0 Å². The van der Waals surface area contributed by atoms with E-state index in [0.717, 1.165) is 25.3 Å². The minimum atomic E-state index is -0.875. The van der Waals surface area contributed by atoms with Crippen molar-refractivity contribution in [3.05, 3.63) is 10.6 Å². The molecule has 0 aliphatic heterocycles. The normalized spacial score (nSPS) is 6.82. The van der Waals surface area contributed by atoms with Crippen molar-refractivity contribution in [2.75, 3.05) is 0 Å². The van der Waals surface area contributed by atoms with Crippen LogP contribution in [-0.2, 0) is 0 Å². The summed E-state index contributed by atoms with van der Waals surface area (Å²) in [7, 11) is 1.67. The quantitative estimate of drug-likeness (QED) is 0.468. The van der Waals surface area contributed by atoms with Gasteiger partial charge in [-0.15, -0.1) is 0 Å². The summed E-state index contributed by atoms with van der Waals surface area (Å²) in [6.45, 7) is 0. The van der Waals surface area contributed by atoms with Gasteiger partial charge in [0.1, 0.15) is 10.6 Å². The van der Waals surface area contributed by atoms with E-state index in [0.29, 0.717) is 0 Å². The molecule has 0 atom stereocenters. The molecule has 0 spiro atoms. The van der Waals surface area contributed by atoms with Crippen molar-refractivity contribution in [3.63, 3.8) is 0 Å². The number of hydrogen-bond donors (Lipinski definition) is 0. The molecular formula is C2K2N2O3S2. The zero-order chi connectivity index (χ0) is 6.69. The van der Waals surface area contributed by atoms with Gasteiger partial charge >= 0.3 is 5.82 Å². The smallest absolute Gasteiger partial charge is 0.319 e. The van der Waals surface area contributed by atoms with E-state index in [1.807, 2.05) is 0 Å². The van der Waals surface area contributed by atoms with Gasteiger partial charge < -0.3 is 3.85 Å². The Morgan fingerprint density at radius 1 is 1.55 bits per heavy atom. The molecule has 11 heavy (non-hydrogen) atoms. The Balaban J connectivity index is 0. The third-order valence-corrected chi connectivity index (χ3v) is 1.79. The standard InChI is InChI=1S/C2N2O3S2.2K/c3-1-4-6-2(5)7-9-8-4;;. The van der Waals surface area contributed by atoms with Crippen LogP contribution in [0.5, 0.6) is 0 Å². The predicted octanol–water partition coefficient (Wildman–Crippen LogP) is -0.151. The Hall–Kier alpha value is 2.27. The largest absolute Gasteiger partial charge is 0.553 e. The Bertz CT molecular complexity index is 309. The van der Waals surface area contributed by atoms with Crippen LogP contribution in [0.4, 0.5) is 0 Å². The molecule has 50 valence electrons. The fourth-order valence-corrected chi connectivity index (χ4v) is 1.12. The molecule has 0 aliphatic rings. The number of nitrogens with zero attached hydrogens (tertiary/aromatic N) is 2. The van der Waals surface area contributed by atoms with E-state index in [1.54, 1.807) is 6.19 Å². The zero-order valence-corrected chi connectivity index (χ0v) is 13.8. The van der Waals surface area contributed by atoms with Crippen molar-refractivity contribution in [1.29, 1.82) is 5.26 Å². The van der Waals surface area contributed by atoms with Gasteiger partial charge in [0.2, 0.25) is 6.19 Å². The van der Waals surface area contributed by atoms with E-state index < -0.39 is 5.82 Å². The minimum absolute atomic E-state index is 0. The fraction of sp³-hybridized carbons (Fsp3) is 0. The molecule has 0 fully saturated rings. The maximum atomic E-state index is 10.2. The van der Waals surface area contributed by atoms with Crippen LogP contribution >= 0.6 is 21.2 Å². The Labute approximate surface area is 154 Å². The number of nitriles is 1. The van der Waals surface area contributed by atoms with Gasteiger partial charge in [-0.3, -0.25) is 4.52 Å². The van der Waals surface area contributed by atoms with Gasteiger partial charge in [-0.05, 0) is 4.13 Å². The Morgan fingerprint density at radius 2 is 2.18 bits per heavy atom. The van der Waals surface area contributed by atoms with E-state index in [1.165, 1.54) is 0 Å². The molecule has 0 N–H and O–H groups in total. The second-order valence-corrected chi connectivity index (χ2v) is 2.56. The molecule has 0 aliphatic carbocycles. The summed E-state index contributed by atoms with van der Waals surface area (Å²) in [6, 6.07) is 0. The summed E-state index contributed by atoms with van der Waals surface area (Å²) in [5, 5.41) is 8.12. The third kappa shape index (κ3) is 6.36. The summed E-state index contributed by atoms with van der Waals surface area (Å²) in [5.74, 6) is -0.875. The predicted molar refractivity (Wildman–Crippen MR) is 41.1 cm³/mol. The zero-order valence-electron chi connectivity index (χ0n) is 5.94. The Kier molecular flexibility index (Phi) is 12.7. The Morgan fingerprint density at radius 3 is 2.55 bits per heavy atom. The summed E-state index contributed by atoms with van der Waals surface area (Å²) < 4.78 is 9.17. The molecule has 5 nitrogen and oxygen atoms in total. The van der Waals surface area contributed by atoms with E-state index in [-0.39, 0.29) is 103 Å². The molecule has 0 saturated heterocycles. The first kappa shape index (κ1) is 15.7. The molecule has 1 aromatic rings. The molecule has 0 bridgehead atoms. The maximum Gasteiger partial charge on any atom is 0.553 e. The van der Waals surface area contributed by atoms with E-state index in [9.17, 15) is 4.79 Å². The van der Waals surface area contributed by atoms with Crippen LogP contribution in [0.3, 0.4) is 0 Å². The molecular weight excluding hydrogens is 242 g/mol. The molecule has 0 unspecified atom stereocenters. The summed E-state index contributed by atoms with van der Waals surface area (Å²) in [6.07, 6.45) is 1.59. The van der Waals surface area contributed by atoms with Gasteiger partial charge in [-0.25, -0.2) is 0 Å². The van der Waals surface area contributed by atoms with E-state index in [2.05, 4.69) is 8.37 Å². The number of aromatic nitrogens is 1. The van der Waals surface area contributed by atoms with Gasteiger partial charge in [-0.2, -0.15) is 10.1 Å². The maximum absolute atomic E-state index is 10.2. The van der Waals surface area contributed by atoms with Crippen LogP contribution in [0.25, 0.3) is 0 Å². The van der Waals surface area contributed by atoms with Gasteiger partial charge in [0.25, 0.3) is 0 Å². The van der Waals surface area contributed by atoms with Crippen molar-refractivity contribution in [2.45, 2.75) is 0 Å². The monoisotopic (exact) mass is 242 g/mol. The van der Waals surface area contributed by atoms with Crippen molar-refractivity contribution in [1.82, 2.24) is 4.13 Å². The number of rotatable bonds is 0. The van der Waals surface area contributed by atoms with Crippen molar-refractivity contribution in [3.8, 4) is 6.19 Å². The van der Waals surface area contributed by atoms with Crippen molar-refractivity contribution >= 4 is 124 Å². The molecule has 0 aromatic carbocycles.